The van der Waals surface area contributed by atoms with Crippen molar-refractivity contribution in [2.45, 2.75) is 46.1 Å². The van der Waals surface area contributed by atoms with Crippen molar-refractivity contribution in [1.29, 1.82) is 5.26 Å². The van der Waals surface area contributed by atoms with Crippen LogP contribution in [0, 0.1) is 17.2 Å². The molecule has 1 aromatic heterocycles. The molecule has 0 spiro atoms. The lowest BCUT2D eigenvalue weighted by Gasteiger charge is -2.34. The number of hydrogen-bond donors (Lipinski definition) is 1. The highest BCUT2D eigenvalue weighted by molar-refractivity contribution is 5.68. The molecule has 0 aromatic carbocycles. The number of nitrogens with two attached hydrogens (primary N) is 1. The van der Waals surface area contributed by atoms with E-state index in [-0.39, 0.29) is 0 Å². The van der Waals surface area contributed by atoms with Crippen molar-refractivity contribution in [3.8, 4) is 6.07 Å². The van der Waals surface area contributed by atoms with Crippen LogP contribution in [0.1, 0.15) is 51.8 Å². The van der Waals surface area contributed by atoms with Crippen molar-refractivity contribution < 1.29 is 0 Å². The number of nitrogen functional groups attached to an aromatic ring is 1. The van der Waals surface area contributed by atoms with Gasteiger partial charge in [0.1, 0.15) is 17.6 Å². The number of anilines is 2. The average molecular weight is 260 g/mol. The maximum absolute atomic E-state index is 9.30. The normalized spacial score (nSPS) is 18.3. The summed E-state index contributed by atoms with van der Waals surface area (Å²) in [5.41, 5.74) is 7.59. The lowest BCUT2D eigenvalue weighted by atomic mass is 9.99. The fraction of sp³-hybridized carbons (Fsp3) is 0.667. The van der Waals surface area contributed by atoms with Gasteiger partial charge in [0.15, 0.2) is 0 Å². The highest BCUT2D eigenvalue weighted by Gasteiger charge is 2.24. The number of nitrogens with zero attached hydrogens (tertiary/aromatic N) is 3. The van der Waals surface area contributed by atoms with Crippen molar-refractivity contribution in [3.63, 3.8) is 0 Å². The third-order valence-electron chi connectivity index (χ3n) is 4.27. The molecule has 0 unspecified atom stereocenters. The Kier molecular flexibility index (Phi) is 4.04. The van der Waals surface area contributed by atoms with Gasteiger partial charge in [-0.1, -0.05) is 13.8 Å². The second-order valence-corrected chi connectivity index (χ2v) is 5.72. The van der Waals surface area contributed by atoms with E-state index in [4.69, 9.17) is 5.73 Å². The van der Waals surface area contributed by atoms with Crippen LogP contribution in [0.2, 0.25) is 0 Å². The molecule has 104 valence electrons. The lowest BCUT2D eigenvalue weighted by molar-refractivity contribution is 0.427. The largest absolute Gasteiger partial charge is 0.396 e. The Balaban J connectivity index is 2.39. The number of hydrogen-bond acceptors (Lipinski definition) is 3. The molecule has 2 rings (SSSR count). The molecule has 0 bridgehead atoms. The van der Waals surface area contributed by atoms with Gasteiger partial charge in [-0.3, -0.25) is 0 Å². The first-order valence-corrected chi connectivity index (χ1v) is 7.24. The summed E-state index contributed by atoms with van der Waals surface area (Å²) in [6, 6.07) is 4.40. The quantitative estimate of drug-likeness (QED) is 0.908. The second-order valence-electron chi connectivity index (χ2n) is 5.72. The molecular formula is C15H24N4. The standard InChI is InChI=1S/C15H24N4/c1-4-12(3)19-13(10-16)9-14(17)15(19)18-7-5-11(2)6-8-18/h9,11-12H,4-8,17H2,1-3H3/t12-/m1/s1. The molecule has 0 amide bonds. The smallest absolute Gasteiger partial charge is 0.133 e. The number of nitriles is 1. The molecular weight excluding hydrogens is 236 g/mol. The summed E-state index contributed by atoms with van der Waals surface area (Å²) in [5.74, 6) is 1.85. The van der Waals surface area contributed by atoms with Crippen LogP contribution in [0.25, 0.3) is 0 Å². The predicted octanol–water partition coefficient (Wildman–Crippen LogP) is 3.15. The lowest BCUT2D eigenvalue weighted by Crippen LogP contribution is -2.35. The van der Waals surface area contributed by atoms with E-state index < -0.39 is 0 Å². The zero-order valence-corrected chi connectivity index (χ0v) is 12.2. The van der Waals surface area contributed by atoms with E-state index in [1.54, 1.807) is 0 Å². The van der Waals surface area contributed by atoms with Crippen LogP contribution in [0.4, 0.5) is 11.5 Å². The second kappa shape index (κ2) is 5.56. The van der Waals surface area contributed by atoms with E-state index in [1.807, 2.05) is 6.07 Å². The Morgan fingerprint density at radius 2 is 2.11 bits per heavy atom. The van der Waals surface area contributed by atoms with Gasteiger partial charge in [-0.05, 0) is 38.2 Å². The van der Waals surface area contributed by atoms with Gasteiger partial charge in [0, 0.05) is 19.1 Å². The maximum atomic E-state index is 9.30. The first-order chi connectivity index (χ1) is 9.08. The summed E-state index contributed by atoms with van der Waals surface area (Å²) >= 11 is 0. The van der Waals surface area contributed by atoms with E-state index in [2.05, 4.69) is 36.3 Å². The summed E-state index contributed by atoms with van der Waals surface area (Å²) in [6.45, 7) is 8.67. The van der Waals surface area contributed by atoms with E-state index in [0.29, 0.717) is 11.7 Å². The van der Waals surface area contributed by atoms with Crippen LogP contribution in [0.15, 0.2) is 6.07 Å². The Morgan fingerprint density at radius 1 is 1.47 bits per heavy atom. The molecule has 0 radical (unpaired) electrons. The predicted molar refractivity (Wildman–Crippen MR) is 79.2 cm³/mol. The summed E-state index contributed by atoms with van der Waals surface area (Å²) in [6.07, 6.45) is 3.40. The minimum atomic E-state index is 0.307. The van der Waals surface area contributed by atoms with Crippen LogP contribution >= 0.6 is 0 Å². The highest BCUT2D eigenvalue weighted by atomic mass is 15.3. The zero-order valence-electron chi connectivity index (χ0n) is 12.2. The topological polar surface area (TPSA) is 58.0 Å². The van der Waals surface area contributed by atoms with Gasteiger partial charge in [0.2, 0.25) is 0 Å². The van der Waals surface area contributed by atoms with Gasteiger partial charge in [-0.2, -0.15) is 5.26 Å². The SMILES string of the molecule is CC[C@@H](C)n1c(C#N)cc(N)c1N1CCC(C)CC1. The molecule has 4 nitrogen and oxygen atoms in total. The van der Waals surface area contributed by atoms with Crippen LogP contribution in [-0.2, 0) is 0 Å². The summed E-state index contributed by atoms with van der Waals surface area (Å²) < 4.78 is 2.12. The van der Waals surface area contributed by atoms with Crippen molar-refractivity contribution in [1.82, 2.24) is 4.57 Å². The third kappa shape index (κ3) is 2.56. The minimum Gasteiger partial charge on any atom is -0.396 e. The van der Waals surface area contributed by atoms with Crippen LogP contribution < -0.4 is 10.6 Å². The third-order valence-corrected chi connectivity index (χ3v) is 4.27. The molecule has 0 saturated carbocycles. The summed E-state index contributed by atoms with van der Waals surface area (Å²) in [7, 11) is 0. The van der Waals surface area contributed by atoms with E-state index in [0.717, 1.165) is 36.9 Å². The highest BCUT2D eigenvalue weighted by Crippen LogP contribution is 2.34. The molecule has 0 aliphatic carbocycles. The average Bonchev–Trinajstić information content (AvgIpc) is 2.75. The van der Waals surface area contributed by atoms with Crippen LogP contribution in [0.3, 0.4) is 0 Å². The Bertz CT molecular complexity index is 475. The van der Waals surface area contributed by atoms with E-state index in [9.17, 15) is 5.26 Å². The van der Waals surface area contributed by atoms with Crippen LogP contribution in [0.5, 0.6) is 0 Å². The minimum absolute atomic E-state index is 0.307. The maximum Gasteiger partial charge on any atom is 0.133 e. The van der Waals surface area contributed by atoms with Gasteiger partial charge in [-0.15, -0.1) is 0 Å². The molecule has 2 heterocycles. The van der Waals surface area contributed by atoms with Crippen molar-refractivity contribution in [2.75, 3.05) is 23.7 Å². The van der Waals surface area contributed by atoms with Crippen LogP contribution in [-0.4, -0.2) is 17.7 Å². The monoisotopic (exact) mass is 260 g/mol. The Hall–Kier alpha value is -1.63. The molecule has 4 heteroatoms. The Labute approximate surface area is 115 Å². The summed E-state index contributed by atoms with van der Waals surface area (Å²) in [4.78, 5) is 2.35. The first-order valence-electron chi connectivity index (χ1n) is 7.24. The van der Waals surface area contributed by atoms with Gasteiger partial charge in [0.05, 0.1) is 5.69 Å². The van der Waals surface area contributed by atoms with Gasteiger partial charge in [-0.25, -0.2) is 0 Å². The van der Waals surface area contributed by atoms with Gasteiger partial charge < -0.3 is 15.2 Å². The fourth-order valence-corrected chi connectivity index (χ4v) is 2.80. The van der Waals surface area contributed by atoms with Gasteiger partial charge in [0.25, 0.3) is 0 Å². The molecule has 19 heavy (non-hydrogen) atoms. The molecule has 1 aliphatic rings. The molecule has 1 saturated heterocycles. The van der Waals surface area contributed by atoms with E-state index >= 15 is 0 Å². The molecule has 1 aromatic rings. The number of piperidine rings is 1. The van der Waals surface area contributed by atoms with Gasteiger partial charge >= 0.3 is 0 Å². The van der Waals surface area contributed by atoms with Crippen molar-refractivity contribution in [2.24, 2.45) is 5.92 Å². The first kappa shape index (κ1) is 13.8. The Morgan fingerprint density at radius 3 is 2.63 bits per heavy atom. The fourth-order valence-electron chi connectivity index (χ4n) is 2.80. The summed E-state index contributed by atoms with van der Waals surface area (Å²) in [5, 5.41) is 9.30. The molecule has 2 N–H and O–H groups in total. The van der Waals surface area contributed by atoms with Crippen molar-refractivity contribution in [3.05, 3.63) is 11.8 Å². The molecule has 1 aliphatic heterocycles. The number of aromatic nitrogens is 1. The number of rotatable bonds is 3. The van der Waals surface area contributed by atoms with Crippen molar-refractivity contribution >= 4 is 11.5 Å². The molecule has 1 atom stereocenters. The zero-order chi connectivity index (χ0) is 14.0. The van der Waals surface area contributed by atoms with E-state index in [1.165, 1.54) is 12.8 Å². The molecule has 1 fully saturated rings.